The quantitative estimate of drug-likeness (QED) is 0.250. The van der Waals surface area contributed by atoms with Crippen molar-refractivity contribution in [2.75, 3.05) is 6.61 Å². The number of aromatic nitrogens is 3. The van der Waals surface area contributed by atoms with Gasteiger partial charge in [-0.05, 0) is 56.2 Å². The summed E-state index contributed by atoms with van der Waals surface area (Å²) in [7, 11) is 0. The van der Waals surface area contributed by atoms with E-state index in [4.69, 9.17) is 4.74 Å². The topological polar surface area (TPSA) is 74.1 Å². The number of nitrogens with zero attached hydrogens (tertiary/aromatic N) is 3. The highest BCUT2D eigenvalue weighted by Gasteiger charge is 2.22. The number of Topliss-reactive ketones (excluding diaryl/α,β-unsaturated/α-hetero) is 1. The first-order chi connectivity index (χ1) is 15.8. The average molecular weight is 504 g/mol. The molecule has 0 aliphatic heterocycles. The van der Waals surface area contributed by atoms with Gasteiger partial charge < -0.3 is 4.74 Å². The van der Waals surface area contributed by atoms with Crippen molar-refractivity contribution in [2.24, 2.45) is 0 Å². The highest BCUT2D eigenvalue weighted by atomic mass is 79.9. The Morgan fingerprint density at radius 3 is 2.42 bits per heavy atom. The van der Waals surface area contributed by atoms with Crippen LogP contribution in [0.5, 0.6) is 0 Å². The molecule has 33 heavy (non-hydrogen) atoms. The summed E-state index contributed by atoms with van der Waals surface area (Å²) in [6.45, 7) is 5.62. The third-order valence-corrected chi connectivity index (χ3v) is 5.90. The minimum atomic E-state index is -0.751. The fourth-order valence-electron chi connectivity index (χ4n) is 3.42. The van der Waals surface area contributed by atoms with E-state index in [1.54, 1.807) is 28.9 Å². The number of esters is 1. The fraction of sp³-hybridized carbons (Fsp3) is 0.154. The molecule has 0 saturated heterocycles. The molecule has 7 heteroatoms. The Kier molecular flexibility index (Phi) is 6.51. The second-order valence-electron chi connectivity index (χ2n) is 7.77. The van der Waals surface area contributed by atoms with Gasteiger partial charge in [-0.3, -0.25) is 4.79 Å². The minimum absolute atomic E-state index is 0.101. The smallest absolute Gasteiger partial charge is 0.378 e. The lowest BCUT2D eigenvalue weighted by molar-refractivity contribution is 0.0462. The normalized spacial score (nSPS) is 10.8. The minimum Gasteiger partial charge on any atom is -0.451 e. The Balaban J connectivity index is 1.66. The number of aryl methyl sites for hydroxylation is 2. The summed E-state index contributed by atoms with van der Waals surface area (Å²) in [6, 6.07) is 20.6. The van der Waals surface area contributed by atoms with Crippen LogP contribution in [-0.2, 0) is 4.74 Å². The van der Waals surface area contributed by atoms with Crippen molar-refractivity contribution >= 4 is 27.7 Å². The van der Waals surface area contributed by atoms with Crippen molar-refractivity contribution in [3.63, 3.8) is 0 Å². The van der Waals surface area contributed by atoms with E-state index < -0.39 is 12.6 Å². The van der Waals surface area contributed by atoms with Gasteiger partial charge in [0, 0.05) is 15.6 Å². The lowest BCUT2D eigenvalue weighted by atomic mass is 10.1. The monoisotopic (exact) mass is 503 g/mol. The summed E-state index contributed by atoms with van der Waals surface area (Å²) in [5.41, 5.74) is 5.30. The van der Waals surface area contributed by atoms with Crippen LogP contribution in [0.15, 0.2) is 71.2 Å². The van der Waals surface area contributed by atoms with Gasteiger partial charge in [-0.15, -0.1) is 5.10 Å². The molecular formula is C26H22BrN3O3. The Morgan fingerprint density at radius 2 is 1.70 bits per heavy atom. The first-order valence-corrected chi connectivity index (χ1v) is 11.2. The van der Waals surface area contributed by atoms with Crippen LogP contribution in [0, 0.1) is 20.8 Å². The summed E-state index contributed by atoms with van der Waals surface area (Å²) >= 11 is 3.33. The zero-order chi connectivity index (χ0) is 23.5. The van der Waals surface area contributed by atoms with Crippen molar-refractivity contribution in [1.82, 2.24) is 14.8 Å². The molecule has 0 N–H and O–H groups in total. The maximum Gasteiger partial charge on any atom is 0.378 e. The van der Waals surface area contributed by atoms with Gasteiger partial charge in [-0.25, -0.2) is 14.5 Å². The molecule has 0 fully saturated rings. The van der Waals surface area contributed by atoms with Crippen LogP contribution >= 0.6 is 15.9 Å². The predicted octanol–water partition coefficient (Wildman–Crippen LogP) is 5.66. The first kappa shape index (κ1) is 22.6. The molecule has 0 unspecified atom stereocenters. The van der Waals surface area contributed by atoms with E-state index in [1.165, 1.54) is 0 Å². The van der Waals surface area contributed by atoms with Crippen LogP contribution in [-0.4, -0.2) is 33.1 Å². The number of halogens is 1. The average Bonchev–Trinajstić information content (AvgIpc) is 3.25. The molecule has 0 bridgehead atoms. The second-order valence-corrected chi connectivity index (χ2v) is 8.68. The zero-order valence-corrected chi connectivity index (χ0v) is 20.1. The largest absolute Gasteiger partial charge is 0.451 e. The van der Waals surface area contributed by atoms with E-state index in [-0.39, 0.29) is 11.6 Å². The molecule has 3 aromatic carbocycles. The van der Waals surface area contributed by atoms with Crippen LogP contribution in [0.2, 0.25) is 0 Å². The first-order valence-electron chi connectivity index (χ1n) is 10.4. The van der Waals surface area contributed by atoms with Crippen molar-refractivity contribution in [3.8, 4) is 17.1 Å². The Morgan fingerprint density at radius 1 is 0.970 bits per heavy atom. The van der Waals surface area contributed by atoms with Crippen molar-refractivity contribution in [1.29, 1.82) is 0 Å². The molecule has 0 amide bonds. The van der Waals surface area contributed by atoms with Crippen LogP contribution in [0.3, 0.4) is 0 Å². The third-order valence-electron chi connectivity index (χ3n) is 5.37. The van der Waals surface area contributed by atoms with Gasteiger partial charge in [0.15, 0.2) is 18.2 Å². The molecule has 1 heterocycles. The Hall–Kier alpha value is -3.58. The van der Waals surface area contributed by atoms with Crippen LogP contribution < -0.4 is 0 Å². The lowest BCUT2D eigenvalue weighted by Gasteiger charge is -2.11. The van der Waals surface area contributed by atoms with Gasteiger partial charge in [0.05, 0.1) is 5.69 Å². The standard InChI is InChI=1S/C26H22BrN3O3/c1-16-6-4-8-20(14-16)25-28-24(29-30(25)22-9-5-7-17(2)18(22)3)26(32)33-15-23(31)19-10-12-21(27)13-11-19/h4-14H,15H2,1-3H3. The number of ether oxygens (including phenoxy) is 1. The van der Waals surface area contributed by atoms with Crippen molar-refractivity contribution in [2.45, 2.75) is 20.8 Å². The third kappa shape index (κ3) is 4.93. The van der Waals surface area contributed by atoms with Crippen molar-refractivity contribution < 1.29 is 14.3 Å². The van der Waals surface area contributed by atoms with Gasteiger partial charge in [0.1, 0.15) is 0 Å². The molecule has 6 nitrogen and oxygen atoms in total. The number of benzene rings is 3. The number of rotatable bonds is 6. The number of ketones is 1. The lowest BCUT2D eigenvalue weighted by Crippen LogP contribution is -2.15. The van der Waals surface area contributed by atoms with E-state index >= 15 is 0 Å². The summed E-state index contributed by atoms with van der Waals surface area (Å²) < 4.78 is 7.77. The maximum atomic E-state index is 12.8. The molecule has 0 saturated carbocycles. The van der Waals surface area contributed by atoms with E-state index in [9.17, 15) is 9.59 Å². The summed E-state index contributed by atoms with van der Waals surface area (Å²) in [6.07, 6.45) is 0. The summed E-state index contributed by atoms with van der Waals surface area (Å²) in [4.78, 5) is 29.6. The zero-order valence-electron chi connectivity index (χ0n) is 18.5. The van der Waals surface area contributed by atoms with E-state index in [2.05, 4.69) is 26.0 Å². The number of carbonyl (C=O) groups is 2. The Bertz CT molecular complexity index is 1340. The van der Waals surface area contributed by atoms with E-state index in [0.29, 0.717) is 11.4 Å². The van der Waals surface area contributed by atoms with Crippen LogP contribution in [0.25, 0.3) is 17.1 Å². The van der Waals surface area contributed by atoms with Crippen LogP contribution in [0.1, 0.15) is 37.7 Å². The molecule has 4 rings (SSSR count). The summed E-state index contributed by atoms with van der Waals surface area (Å²) in [5, 5.41) is 4.46. The molecule has 0 aliphatic carbocycles. The van der Waals surface area contributed by atoms with E-state index in [0.717, 1.165) is 32.4 Å². The Labute approximate surface area is 200 Å². The fourth-order valence-corrected chi connectivity index (χ4v) is 3.68. The maximum absolute atomic E-state index is 12.8. The number of hydrogen-bond acceptors (Lipinski definition) is 5. The molecule has 0 aliphatic rings. The molecular weight excluding hydrogens is 482 g/mol. The molecule has 166 valence electrons. The van der Waals surface area contributed by atoms with Gasteiger partial charge in [0.25, 0.3) is 5.82 Å². The van der Waals surface area contributed by atoms with Crippen molar-refractivity contribution in [3.05, 3.63) is 99.3 Å². The van der Waals surface area contributed by atoms with Gasteiger partial charge >= 0.3 is 5.97 Å². The predicted molar refractivity (Wildman–Crippen MR) is 130 cm³/mol. The highest BCUT2D eigenvalue weighted by Crippen LogP contribution is 2.25. The van der Waals surface area contributed by atoms with Gasteiger partial charge in [0.2, 0.25) is 0 Å². The van der Waals surface area contributed by atoms with Gasteiger partial charge in [-0.1, -0.05) is 64.0 Å². The van der Waals surface area contributed by atoms with Crippen LogP contribution in [0.4, 0.5) is 0 Å². The second kappa shape index (κ2) is 9.50. The number of hydrogen-bond donors (Lipinski definition) is 0. The van der Waals surface area contributed by atoms with E-state index in [1.807, 2.05) is 63.2 Å². The molecule has 1 aromatic heterocycles. The molecule has 4 aromatic rings. The highest BCUT2D eigenvalue weighted by molar-refractivity contribution is 9.10. The molecule has 0 radical (unpaired) electrons. The number of carbonyl (C=O) groups excluding carboxylic acids is 2. The van der Waals surface area contributed by atoms with Gasteiger partial charge in [-0.2, -0.15) is 0 Å². The molecule has 0 atom stereocenters. The SMILES string of the molecule is Cc1cccc(-c2nc(C(=O)OCC(=O)c3ccc(Br)cc3)nn2-c2cccc(C)c2C)c1. The molecule has 0 spiro atoms. The summed E-state index contributed by atoms with van der Waals surface area (Å²) in [5.74, 6) is -0.628.